The van der Waals surface area contributed by atoms with E-state index in [1.165, 1.54) is 17.4 Å². The van der Waals surface area contributed by atoms with Crippen molar-refractivity contribution in [1.82, 2.24) is 4.57 Å². The summed E-state index contributed by atoms with van der Waals surface area (Å²) >= 11 is 1.37. The van der Waals surface area contributed by atoms with Crippen LogP contribution in [0.15, 0.2) is 41.4 Å². The van der Waals surface area contributed by atoms with Crippen LogP contribution < -0.4 is 14.3 Å². The molecule has 2 heterocycles. The summed E-state index contributed by atoms with van der Waals surface area (Å²) in [6, 6.07) is 9.49. The van der Waals surface area contributed by atoms with Gasteiger partial charge in [0.1, 0.15) is 6.54 Å². The van der Waals surface area contributed by atoms with Crippen LogP contribution in [0, 0.1) is 13.8 Å². The van der Waals surface area contributed by atoms with Crippen LogP contribution in [0.4, 0.5) is 0 Å². The van der Waals surface area contributed by atoms with Gasteiger partial charge in [-0.15, -0.1) is 0 Å². The first kappa shape index (κ1) is 20.9. The van der Waals surface area contributed by atoms with Crippen LogP contribution in [0.1, 0.15) is 23.6 Å². The van der Waals surface area contributed by atoms with Crippen molar-refractivity contribution in [2.45, 2.75) is 27.3 Å². The van der Waals surface area contributed by atoms with Gasteiger partial charge in [-0.25, -0.2) is 0 Å². The highest BCUT2D eigenvalue weighted by Crippen LogP contribution is 2.32. The summed E-state index contributed by atoms with van der Waals surface area (Å²) in [5.41, 5.74) is 3.89. The third-order valence-electron chi connectivity index (χ3n) is 4.91. The van der Waals surface area contributed by atoms with E-state index in [2.05, 4.69) is 4.99 Å². The van der Waals surface area contributed by atoms with Gasteiger partial charge in [0.05, 0.1) is 16.8 Å². The summed E-state index contributed by atoms with van der Waals surface area (Å²) in [5.74, 6) is 0.540. The Balaban J connectivity index is 1.68. The molecule has 31 heavy (non-hydrogen) atoms. The maximum absolute atomic E-state index is 12.6. The molecule has 1 amide bonds. The molecular formula is C23H22N2O5S. The second-order valence-electron chi connectivity index (χ2n) is 7.08. The number of carbonyl (C=O) groups is 2. The second kappa shape index (κ2) is 8.77. The Morgan fingerprint density at radius 2 is 1.94 bits per heavy atom. The lowest BCUT2D eigenvalue weighted by Gasteiger charge is -2.06. The van der Waals surface area contributed by atoms with Gasteiger partial charge in [-0.2, -0.15) is 4.99 Å². The molecule has 8 heteroatoms. The zero-order chi connectivity index (χ0) is 22.0. The van der Waals surface area contributed by atoms with Gasteiger partial charge in [-0.1, -0.05) is 17.4 Å². The van der Waals surface area contributed by atoms with Gasteiger partial charge in [-0.3, -0.25) is 9.59 Å². The number of hydrogen-bond donors (Lipinski definition) is 0. The Kier molecular flexibility index (Phi) is 5.90. The Bertz CT molecular complexity index is 1270. The first-order valence-electron chi connectivity index (χ1n) is 9.87. The minimum absolute atomic E-state index is 0.00563. The van der Waals surface area contributed by atoms with E-state index in [4.69, 9.17) is 14.2 Å². The molecular weight excluding hydrogens is 416 g/mol. The predicted octanol–water partition coefficient (Wildman–Crippen LogP) is 3.75. The van der Waals surface area contributed by atoms with Gasteiger partial charge >= 0.3 is 5.97 Å². The molecule has 0 unspecified atom stereocenters. The first-order valence-corrected chi connectivity index (χ1v) is 10.7. The highest BCUT2D eigenvalue weighted by molar-refractivity contribution is 7.16. The molecule has 1 aliphatic heterocycles. The third kappa shape index (κ3) is 4.54. The van der Waals surface area contributed by atoms with Gasteiger partial charge in [0.25, 0.3) is 5.91 Å². The number of fused-ring (bicyclic) bond motifs is 2. The van der Waals surface area contributed by atoms with Gasteiger partial charge in [0, 0.05) is 6.08 Å². The standard InChI is InChI=1S/C23H22N2O5S/c1-4-28-22(27)12-25-17-9-14(2)15(3)10-20(17)31-23(25)24-21(26)8-6-16-5-7-18-19(11-16)30-13-29-18/h5-11H,4,12-13H2,1-3H3. The molecule has 160 valence electrons. The number of thiazole rings is 1. The average molecular weight is 439 g/mol. The molecule has 4 rings (SSSR count). The fourth-order valence-electron chi connectivity index (χ4n) is 3.21. The van der Waals surface area contributed by atoms with Gasteiger partial charge < -0.3 is 18.8 Å². The lowest BCUT2D eigenvalue weighted by molar-refractivity contribution is -0.143. The molecule has 0 atom stereocenters. The van der Waals surface area contributed by atoms with E-state index in [0.717, 1.165) is 26.9 Å². The summed E-state index contributed by atoms with van der Waals surface area (Å²) < 4.78 is 18.4. The van der Waals surface area contributed by atoms with E-state index < -0.39 is 5.91 Å². The van der Waals surface area contributed by atoms with Crippen molar-refractivity contribution in [3.05, 3.63) is 57.9 Å². The zero-order valence-electron chi connectivity index (χ0n) is 17.5. The molecule has 1 aromatic heterocycles. The Morgan fingerprint density at radius 3 is 2.74 bits per heavy atom. The summed E-state index contributed by atoms with van der Waals surface area (Å²) in [7, 11) is 0. The number of aryl methyl sites for hydroxylation is 2. The first-order chi connectivity index (χ1) is 14.9. The van der Waals surface area contributed by atoms with Crippen LogP contribution in [-0.2, 0) is 20.9 Å². The number of aromatic nitrogens is 1. The fourth-order valence-corrected chi connectivity index (χ4v) is 4.33. The van der Waals surface area contributed by atoms with Crippen molar-refractivity contribution in [3.63, 3.8) is 0 Å². The van der Waals surface area contributed by atoms with E-state index in [1.807, 2.05) is 32.0 Å². The molecule has 1 aliphatic rings. The summed E-state index contributed by atoms with van der Waals surface area (Å²) in [6.07, 6.45) is 3.07. The van der Waals surface area contributed by atoms with Gasteiger partial charge in [-0.05, 0) is 67.8 Å². The number of ether oxygens (including phenoxy) is 3. The van der Waals surface area contributed by atoms with Crippen molar-refractivity contribution in [3.8, 4) is 11.5 Å². The molecule has 0 saturated carbocycles. The van der Waals surface area contributed by atoms with Crippen molar-refractivity contribution < 1.29 is 23.8 Å². The van der Waals surface area contributed by atoms with Gasteiger partial charge in [0.15, 0.2) is 16.3 Å². The maximum Gasteiger partial charge on any atom is 0.326 e. The Morgan fingerprint density at radius 1 is 1.16 bits per heavy atom. The second-order valence-corrected chi connectivity index (χ2v) is 8.09. The molecule has 7 nitrogen and oxygen atoms in total. The molecule has 0 fully saturated rings. The lowest BCUT2D eigenvalue weighted by Crippen LogP contribution is -2.22. The largest absolute Gasteiger partial charge is 0.465 e. The molecule has 0 spiro atoms. The number of esters is 1. The SMILES string of the molecule is CCOC(=O)Cn1c(=NC(=O)C=Cc2ccc3c(c2)OCO3)sc2cc(C)c(C)cc21. The third-order valence-corrected chi connectivity index (χ3v) is 5.95. The monoisotopic (exact) mass is 438 g/mol. The van der Waals surface area contributed by atoms with Crippen LogP contribution in [0.25, 0.3) is 16.3 Å². The van der Waals surface area contributed by atoms with E-state index >= 15 is 0 Å². The highest BCUT2D eigenvalue weighted by Gasteiger charge is 2.14. The summed E-state index contributed by atoms with van der Waals surface area (Å²) in [4.78, 5) is 29.4. The molecule has 2 aromatic carbocycles. The topological polar surface area (TPSA) is 79.1 Å². The van der Waals surface area contributed by atoms with Crippen LogP contribution in [0.3, 0.4) is 0 Å². The molecule has 0 saturated heterocycles. The summed E-state index contributed by atoms with van der Waals surface area (Å²) in [5, 5.41) is 0. The molecule has 0 radical (unpaired) electrons. The zero-order valence-corrected chi connectivity index (χ0v) is 18.3. The normalized spacial score (nSPS) is 13.3. The van der Waals surface area contributed by atoms with E-state index in [9.17, 15) is 9.59 Å². The lowest BCUT2D eigenvalue weighted by atomic mass is 10.1. The van der Waals surface area contributed by atoms with Crippen LogP contribution in [0.5, 0.6) is 11.5 Å². The maximum atomic E-state index is 12.6. The smallest absolute Gasteiger partial charge is 0.326 e. The van der Waals surface area contributed by atoms with Crippen molar-refractivity contribution >= 4 is 39.5 Å². The number of amides is 1. The minimum Gasteiger partial charge on any atom is -0.465 e. The quantitative estimate of drug-likeness (QED) is 0.448. The predicted molar refractivity (Wildman–Crippen MR) is 118 cm³/mol. The van der Waals surface area contributed by atoms with Crippen molar-refractivity contribution in [1.29, 1.82) is 0 Å². The number of benzene rings is 2. The molecule has 3 aromatic rings. The Hall–Kier alpha value is -3.39. The van der Waals surface area contributed by atoms with E-state index in [1.54, 1.807) is 29.7 Å². The van der Waals surface area contributed by atoms with Gasteiger partial charge in [0.2, 0.25) is 6.79 Å². The molecule has 0 N–H and O–H groups in total. The minimum atomic E-state index is -0.421. The molecule has 0 bridgehead atoms. The summed E-state index contributed by atoms with van der Waals surface area (Å²) in [6.45, 7) is 6.29. The van der Waals surface area contributed by atoms with Crippen molar-refractivity contribution in [2.24, 2.45) is 4.99 Å². The number of rotatable bonds is 5. The van der Waals surface area contributed by atoms with Crippen LogP contribution in [-0.4, -0.2) is 29.8 Å². The van der Waals surface area contributed by atoms with Crippen LogP contribution >= 0.6 is 11.3 Å². The highest BCUT2D eigenvalue weighted by atomic mass is 32.1. The molecule has 0 aliphatic carbocycles. The Labute approximate surface area is 183 Å². The van der Waals surface area contributed by atoms with Crippen molar-refractivity contribution in [2.75, 3.05) is 13.4 Å². The number of nitrogens with zero attached hydrogens (tertiary/aromatic N) is 2. The van der Waals surface area contributed by atoms with E-state index in [-0.39, 0.29) is 19.3 Å². The average Bonchev–Trinajstić information content (AvgIpc) is 3.32. The number of carbonyl (C=O) groups excluding carboxylic acids is 2. The van der Waals surface area contributed by atoms with Crippen LogP contribution in [0.2, 0.25) is 0 Å². The van der Waals surface area contributed by atoms with E-state index in [0.29, 0.717) is 22.9 Å². The fraction of sp³-hybridized carbons (Fsp3) is 0.261. The number of hydrogen-bond acceptors (Lipinski definition) is 6.